The van der Waals surface area contributed by atoms with Gasteiger partial charge in [-0.15, -0.1) is 0 Å². The van der Waals surface area contributed by atoms with Gasteiger partial charge in [-0.3, -0.25) is 4.55 Å². The Morgan fingerprint density at radius 3 is 1.32 bits per heavy atom. The summed E-state index contributed by atoms with van der Waals surface area (Å²) in [5, 5.41) is 0. The lowest BCUT2D eigenvalue weighted by Gasteiger charge is -2.02. The van der Waals surface area contributed by atoms with Crippen LogP contribution >= 0.6 is 0 Å². The Kier molecular flexibility index (Phi) is 15.9. The smallest absolute Gasteiger partial charge is 0.264 e. The predicted molar refractivity (Wildman–Crippen MR) is 82.5 cm³/mol. The first-order valence-corrected chi connectivity index (χ1v) is 9.12. The molecule has 0 saturated carbocycles. The van der Waals surface area contributed by atoms with Crippen LogP contribution in [0.25, 0.3) is 0 Å². The number of rotatable bonds is 13. The highest BCUT2D eigenvalue weighted by molar-refractivity contribution is 7.85. The van der Waals surface area contributed by atoms with E-state index in [9.17, 15) is 8.42 Å². The molecule has 19 heavy (non-hydrogen) atoms. The van der Waals surface area contributed by atoms with Crippen LogP contribution < -0.4 is 6.15 Å². The molecule has 0 bridgehead atoms. The molecular weight excluding hydrogens is 262 g/mol. The molecule has 0 rings (SSSR count). The van der Waals surface area contributed by atoms with Crippen molar-refractivity contribution in [3.8, 4) is 0 Å². The second-order valence-electron chi connectivity index (χ2n) is 5.18. The van der Waals surface area contributed by atoms with Crippen LogP contribution in [0.4, 0.5) is 0 Å². The maximum Gasteiger partial charge on any atom is 0.264 e. The van der Waals surface area contributed by atoms with Crippen molar-refractivity contribution in [2.45, 2.75) is 84.0 Å². The first-order valence-electron chi connectivity index (χ1n) is 7.51. The Hall–Kier alpha value is -0.130. The molecule has 0 radical (unpaired) electrons. The van der Waals surface area contributed by atoms with E-state index in [2.05, 4.69) is 6.92 Å². The van der Waals surface area contributed by atoms with Gasteiger partial charge >= 0.3 is 0 Å². The maximum atomic E-state index is 10.5. The van der Waals surface area contributed by atoms with E-state index in [0.717, 1.165) is 12.8 Å². The van der Waals surface area contributed by atoms with Crippen LogP contribution in [-0.4, -0.2) is 18.7 Å². The molecule has 0 unspecified atom stereocenters. The molecule has 0 aromatic carbocycles. The second-order valence-corrected chi connectivity index (χ2v) is 6.75. The first kappa shape index (κ1) is 21.2. The molecule has 118 valence electrons. The van der Waals surface area contributed by atoms with Crippen molar-refractivity contribution in [1.82, 2.24) is 6.15 Å². The van der Waals surface area contributed by atoms with Crippen LogP contribution in [0.15, 0.2) is 0 Å². The monoisotopic (exact) mass is 295 g/mol. The Morgan fingerprint density at radius 1 is 0.684 bits per heavy atom. The normalized spacial score (nSPS) is 11.3. The molecule has 0 amide bonds. The van der Waals surface area contributed by atoms with Gasteiger partial charge in [0.15, 0.2) is 0 Å². The fourth-order valence-corrected chi connectivity index (χ4v) is 2.69. The fourth-order valence-electron chi connectivity index (χ4n) is 2.13. The zero-order chi connectivity index (χ0) is 13.7. The first-order chi connectivity index (χ1) is 8.56. The molecule has 0 aliphatic carbocycles. The van der Waals surface area contributed by atoms with Gasteiger partial charge in [0.2, 0.25) is 0 Å². The van der Waals surface area contributed by atoms with Crippen LogP contribution in [0.5, 0.6) is 0 Å². The Balaban J connectivity index is 0. The summed E-state index contributed by atoms with van der Waals surface area (Å²) in [6.45, 7) is 2.24. The van der Waals surface area contributed by atoms with E-state index < -0.39 is 10.1 Å². The summed E-state index contributed by atoms with van der Waals surface area (Å²) in [5.74, 6) is -0.0789. The van der Waals surface area contributed by atoms with Crippen molar-refractivity contribution in [1.29, 1.82) is 0 Å². The summed E-state index contributed by atoms with van der Waals surface area (Å²) in [4.78, 5) is 0. The molecule has 4 N–H and O–H groups in total. The minimum Gasteiger partial charge on any atom is -0.344 e. The molecular formula is C14H33NO3S. The molecule has 0 aliphatic heterocycles. The van der Waals surface area contributed by atoms with Crippen LogP contribution in [0.1, 0.15) is 84.0 Å². The number of hydrogen-bond donors (Lipinski definition) is 2. The van der Waals surface area contributed by atoms with Gasteiger partial charge in [-0.05, 0) is 6.42 Å². The standard InChI is InChI=1S/C14H30O3S.H3N/c1-2-3-4-5-6-7-8-9-10-11-12-13-14-18(15,16)17;/h2-14H2,1H3,(H,15,16,17);1H3. The third-order valence-corrected chi connectivity index (χ3v) is 4.06. The van der Waals surface area contributed by atoms with E-state index in [-0.39, 0.29) is 11.9 Å². The summed E-state index contributed by atoms with van der Waals surface area (Å²) in [6, 6.07) is 0. The van der Waals surface area contributed by atoms with Crippen LogP contribution in [-0.2, 0) is 10.1 Å². The lowest BCUT2D eigenvalue weighted by Crippen LogP contribution is -2.03. The Bertz CT molecular complexity index is 266. The van der Waals surface area contributed by atoms with Gasteiger partial charge in [0, 0.05) is 0 Å². The van der Waals surface area contributed by atoms with Gasteiger partial charge in [0.25, 0.3) is 10.1 Å². The molecule has 0 heterocycles. The summed E-state index contributed by atoms with van der Waals surface area (Å²) >= 11 is 0. The molecule has 0 fully saturated rings. The molecule has 5 heteroatoms. The maximum absolute atomic E-state index is 10.5. The highest BCUT2D eigenvalue weighted by Crippen LogP contribution is 2.12. The lowest BCUT2D eigenvalue weighted by atomic mass is 10.1. The molecule has 0 aromatic heterocycles. The van der Waals surface area contributed by atoms with Gasteiger partial charge in [0.05, 0.1) is 5.75 Å². The number of hydrogen-bond acceptors (Lipinski definition) is 3. The SMILES string of the molecule is CCCCCCCCCCCCCCS(=O)(=O)O.N. The van der Waals surface area contributed by atoms with Gasteiger partial charge in [-0.2, -0.15) is 8.42 Å². The minimum atomic E-state index is -3.74. The zero-order valence-corrected chi connectivity index (χ0v) is 13.4. The Labute approximate surface area is 119 Å². The van der Waals surface area contributed by atoms with Crippen LogP contribution in [0, 0.1) is 0 Å². The highest BCUT2D eigenvalue weighted by Gasteiger charge is 2.02. The summed E-state index contributed by atoms with van der Waals surface area (Å²) in [7, 11) is -3.74. The van der Waals surface area contributed by atoms with Crippen molar-refractivity contribution >= 4 is 10.1 Å². The van der Waals surface area contributed by atoms with Crippen molar-refractivity contribution in [3.05, 3.63) is 0 Å². The summed E-state index contributed by atoms with van der Waals surface area (Å²) in [5.41, 5.74) is 0. The third kappa shape index (κ3) is 20.4. The largest absolute Gasteiger partial charge is 0.344 e. The molecule has 0 saturated heterocycles. The Morgan fingerprint density at radius 2 is 1.00 bits per heavy atom. The van der Waals surface area contributed by atoms with E-state index >= 15 is 0 Å². The summed E-state index contributed by atoms with van der Waals surface area (Å²) < 4.78 is 29.5. The van der Waals surface area contributed by atoms with Crippen molar-refractivity contribution < 1.29 is 13.0 Å². The molecule has 0 spiro atoms. The van der Waals surface area contributed by atoms with E-state index in [1.807, 2.05) is 0 Å². The van der Waals surface area contributed by atoms with Crippen LogP contribution in [0.3, 0.4) is 0 Å². The number of unbranched alkanes of at least 4 members (excludes halogenated alkanes) is 11. The summed E-state index contributed by atoms with van der Waals surface area (Å²) in [6.07, 6.45) is 14.5. The zero-order valence-electron chi connectivity index (χ0n) is 12.6. The van der Waals surface area contributed by atoms with Gasteiger partial charge in [0.1, 0.15) is 0 Å². The average Bonchev–Trinajstić information content (AvgIpc) is 2.29. The molecule has 0 atom stereocenters. The van der Waals surface area contributed by atoms with Gasteiger partial charge < -0.3 is 6.15 Å². The minimum absolute atomic E-state index is 0. The second kappa shape index (κ2) is 14.3. The van der Waals surface area contributed by atoms with Gasteiger partial charge in [-0.1, -0.05) is 77.6 Å². The molecule has 4 nitrogen and oxygen atoms in total. The van der Waals surface area contributed by atoms with E-state index in [0.29, 0.717) is 6.42 Å². The topological polar surface area (TPSA) is 89.4 Å². The van der Waals surface area contributed by atoms with Crippen LogP contribution in [0.2, 0.25) is 0 Å². The third-order valence-electron chi connectivity index (χ3n) is 3.26. The lowest BCUT2D eigenvalue weighted by molar-refractivity contribution is 0.478. The fraction of sp³-hybridized carbons (Fsp3) is 1.00. The molecule has 0 aromatic rings. The average molecular weight is 295 g/mol. The van der Waals surface area contributed by atoms with Crippen molar-refractivity contribution in [2.75, 3.05) is 5.75 Å². The quantitative estimate of drug-likeness (QED) is 0.379. The van der Waals surface area contributed by atoms with Crippen molar-refractivity contribution in [2.24, 2.45) is 0 Å². The van der Waals surface area contributed by atoms with E-state index in [1.165, 1.54) is 57.8 Å². The molecule has 0 aliphatic rings. The van der Waals surface area contributed by atoms with E-state index in [1.54, 1.807) is 0 Å². The highest BCUT2D eigenvalue weighted by atomic mass is 32.2. The van der Waals surface area contributed by atoms with E-state index in [4.69, 9.17) is 4.55 Å². The van der Waals surface area contributed by atoms with Crippen molar-refractivity contribution in [3.63, 3.8) is 0 Å². The predicted octanol–water partition coefficient (Wildman–Crippen LogP) is 4.74. The van der Waals surface area contributed by atoms with Gasteiger partial charge in [-0.25, -0.2) is 0 Å².